The molecule has 2 N–H and O–H groups in total. The van der Waals surface area contributed by atoms with Crippen molar-refractivity contribution in [2.45, 2.75) is 19.0 Å². The van der Waals surface area contributed by atoms with Gasteiger partial charge in [0.05, 0.1) is 0 Å². The molecule has 0 bridgehead atoms. The zero-order valence-corrected chi connectivity index (χ0v) is 14.5. The minimum atomic E-state index is -0.317. The summed E-state index contributed by atoms with van der Waals surface area (Å²) in [4.78, 5) is 16.2. The summed E-state index contributed by atoms with van der Waals surface area (Å²) in [7, 11) is 0. The molecule has 1 amide bonds. The number of nitrogens with one attached hydrogen (secondary N) is 2. The topological polar surface area (TPSA) is 63.2 Å². The van der Waals surface area contributed by atoms with Gasteiger partial charge in [0.15, 0.2) is 0 Å². The molecule has 0 aliphatic carbocycles. The Balaban J connectivity index is 1.50. The van der Waals surface area contributed by atoms with Crippen molar-refractivity contribution >= 4 is 17.7 Å². The van der Waals surface area contributed by atoms with Gasteiger partial charge >= 0.3 is 0 Å². The number of thioether (sulfide) groups is 1. The van der Waals surface area contributed by atoms with Crippen LogP contribution in [0.1, 0.15) is 12.0 Å². The van der Waals surface area contributed by atoms with E-state index >= 15 is 0 Å². The number of benzene rings is 1. The van der Waals surface area contributed by atoms with Crippen molar-refractivity contribution in [3.8, 4) is 11.6 Å². The second kappa shape index (κ2) is 8.82. The van der Waals surface area contributed by atoms with E-state index in [0.717, 1.165) is 23.6 Å². The third kappa shape index (κ3) is 5.72. The molecule has 1 aromatic carbocycles. The van der Waals surface area contributed by atoms with E-state index in [2.05, 4.69) is 15.6 Å². The van der Waals surface area contributed by atoms with Gasteiger partial charge in [-0.3, -0.25) is 4.79 Å². The Morgan fingerprint density at radius 2 is 2.20 bits per heavy atom. The first-order chi connectivity index (χ1) is 12.2. The van der Waals surface area contributed by atoms with E-state index in [1.807, 2.05) is 17.8 Å². The van der Waals surface area contributed by atoms with Crippen molar-refractivity contribution < 1.29 is 13.9 Å². The number of nitrogens with zero attached hydrogens (tertiary/aromatic N) is 1. The van der Waals surface area contributed by atoms with Crippen molar-refractivity contribution in [3.63, 3.8) is 0 Å². The van der Waals surface area contributed by atoms with Gasteiger partial charge in [-0.05, 0) is 35.9 Å². The summed E-state index contributed by atoms with van der Waals surface area (Å²) in [6.45, 7) is 1.37. The van der Waals surface area contributed by atoms with Gasteiger partial charge in [0, 0.05) is 49.3 Å². The molecule has 1 unspecified atom stereocenters. The maximum Gasteiger partial charge on any atom is 0.221 e. The van der Waals surface area contributed by atoms with E-state index < -0.39 is 0 Å². The Kier molecular flexibility index (Phi) is 6.25. The first-order valence-corrected chi connectivity index (χ1v) is 9.31. The summed E-state index contributed by atoms with van der Waals surface area (Å²) in [5, 5.41) is 6.27. The van der Waals surface area contributed by atoms with Gasteiger partial charge in [-0.1, -0.05) is 0 Å². The molecular weight excluding hydrogens is 341 g/mol. The minimum absolute atomic E-state index is 0.0258. The number of rotatable bonds is 6. The number of pyridine rings is 1. The van der Waals surface area contributed by atoms with Crippen molar-refractivity contribution in [2.24, 2.45) is 0 Å². The van der Waals surface area contributed by atoms with E-state index in [-0.39, 0.29) is 17.8 Å². The standard InChI is InChI=1S/C18H20FN3O2S/c19-14-1-3-16(4-2-14)24-18-9-13(5-6-21-18)11-22-17(23)10-15-12-25-8-7-20-15/h1-6,9,15,20H,7-8,10-12H2,(H,22,23). The lowest BCUT2D eigenvalue weighted by atomic mass is 10.2. The molecule has 25 heavy (non-hydrogen) atoms. The Labute approximate surface area is 150 Å². The molecule has 1 saturated heterocycles. The van der Waals surface area contributed by atoms with Crippen LogP contribution >= 0.6 is 11.8 Å². The van der Waals surface area contributed by atoms with Gasteiger partial charge < -0.3 is 15.4 Å². The number of ether oxygens (including phenoxy) is 1. The zero-order chi connectivity index (χ0) is 17.5. The number of hydrogen-bond donors (Lipinski definition) is 2. The van der Waals surface area contributed by atoms with Gasteiger partial charge in [0.1, 0.15) is 11.6 Å². The fourth-order valence-electron chi connectivity index (χ4n) is 2.49. The third-order valence-corrected chi connectivity index (χ3v) is 4.89. The van der Waals surface area contributed by atoms with Crippen LogP contribution in [0.5, 0.6) is 11.6 Å². The number of aromatic nitrogens is 1. The molecule has 1 atom stereocenters. The highest BCUT2D eigenvalue weighted by Crippen LogP contribution is 2.20. The molecule has 0 saturated carbocycles. The molecule has 2 aromatic rings. The van der Waals surface area contributed by atoms with Gasteiger partial charge in [0.2, 0.25) is 11.8 Å². The molecule has 0 radical (unpaired) electrons. The normalized spacial score (nSPS) is 17.1. The molecule has 2 heterocycles. The second-order valence-electron chi connectivity index (χ2n) is 5.77. The van der Waals surface area contributed by atoms with Crippen molar-refractivity contribution in [1.82, 2.24) is 15.6 Å². The molecule has 7 heteroatoms. The molecule has 1 fully saturated rings. The number of carbonyl (C=O) groups is 1. The quantitative estimate of drug-likeness (QED) is 0.828. The lowest BCUT2D eigenvalue weighted by Crippen LogP contribution is -2.41. The van der Waals surface area contributed by atoms with Gasteiger partial charge in [-0.25, -0.2) is 9.37 Å². The predicted molar refractivity (Wildman–Crippen MR) is 96.3 cm³/mol. The van der Waals surface area contributed by atoms with Crippen LogP contribution < -0.4 is 15.4 Å². The lowest BCUT2D eigenvalue weighted by molar-refractivity contribution is -0.121. The number of halogens is 1. The highest BCUT2D eigenvalue weighted by atomic mass is 32.2. The Bertz CT molecular complexity index is 706. The van der Waals surface area contributed by atoms with Crippen molar-refractivity contribution in [2.75, 3.05) is 18.1 Å². The third-order valence-electron chi connectivity index (χ3n) is 3.76. The summed E-state index contributed by atoms with van der Waals surface area (Å²) in [6, 6.07) is 9.58. The molecule has 5 nitrogen and oxygen atoms in total. The van der Waals surface area contributed by atoms with Gasteiger partial charge in [0.25, 0.3) is 0 Å². The van der Waals surface area contributed by atoms with Crippen LogP contribution in [-0.4, -0.2) is 35.0 Å². The molecular formula is C18H20FN3O2S. The molecule has 132 valence electrons. The first-order valence-electron chi connectivity index (χ1n) is 8.15. The summed E-state index contributed by atoms with van der Waals surface area (Å²) >= 11 is 1.87. The van der Waals surface area contributed by atoms with Crippen LogP contribution in [0.2, 0.25) is 0 Å². The number of hydrogen-bond acceptors (Lipinski definition) is 5. The Hall–Kier alpha value is -2.12. The van der Waals surface area contributed by atoms with Crippen LogP contribution in [0.15, 0.2) is 42.6 Å². The van der Waals surface area contributed by atoms with Crippen LogP contribution in [-0.2, 0) is 11.3 Å². The second-order valence-corrected chi connectivity index (χ2v) is 6.91. The average molecular weight is 361 g/mol. The largest absolute Gasteiger partial charge is 0.439 e. The van der Waals surface area contributed by atoms with E-state index in [9.17, 15) is 9.18 Å². The van der Waals surface area contributed by atoms with E-state index in [1.54, 1.807) is 24.4 Å². The molecule has 3 rings (SSSR count). The van der Waals surface area contributed by atoms with Crippen LogP contribution in [0, 0.1) is 5.82 Å². The van der Waals surface area contributed by atoms with Crippen molar-refractivity contribution in [3.05, 3.63) is 54.0 Å². The van der Waals surface area contributed by atoms with Crippen molar-refractivity contribution in [1.29, 1.82) is 0 Å². The molecule has 1 aliphatic rings. The lowest BCUT2D eigenvalue weighted by Gasteiger charge is -2.22. The van der Waals surface area contributed by atoms with Crippen LogP contribution in [0.4, 0.5) is 4.39 Å². The molecule has 1 aromatic heterocycles. The fraction of sp³-hybridized carbons (Fsp3) is 0.333. The first kappa shape index (κ1) is 17.7. The average Bonchev–Trinajstić information content (AvgIpc) is 2.63. The van der Waals surface area contributed by atoms with Crippen LogP contribution in [0.3, 0.4) is 0 Å². The summed E-state index contributed by atoms with van der Waals surface area (Å²) in [6.07, 6.45) is 2.11. The monoisotopic (exact) mass is 361 g/mol. The maximum absolute atomic E-state index is 12.9. The maximum atomic E-state index is 12.9. The number of amides is 1. The van der Waals surface area contributed by atoms with E-state index in [4.69, 9.17) is 4.74 Å². The number of carbonyl (C=O) groups excluding carboxylic acids is 1. The van der Waals surface area contributed by atoms with E-state index in [0.29, 0.717) is 24.6 Å². The highest BCUT2D eigenvalue weighted by molar-refractivity contribution is 7.99. The van der Waals surface area contributed by atoms with E-state index in [1.165, 1.54) is 12.1 Å². The van der Waals surface area contributed by atoms with Crippen LogP contribution in [0.25, 0.3) is 0 Å². The van der Waals surface area contributed by atoms with Gasteiger partial charge in [-0.15, -0.1) is 0 Å². The zero-order valence-electron chi connectivity index (χ0n) is 13.7. The predicted octanol–water partition coefficient (Wildman–Crippen LogP) is 2.72. The molecule has 0 spiro atoms. The Morgan fingerprint density at radius 3 is 2.96 bits per heavy atom. The Morgan fingerprint density at radius 1 is 1.36 bits per heavy atom. The SMILES string of the molecule is O=C(CC1CSCCN1)NCc1ccnc(Oc2ccc(F)cc2)c1. The smallest absolute Gasteiger partial charge is 0.221 e. The summed E-state index contributed by atoms with van der Waals surface area (Å²) in [5.41, 5.74) is 0.895. The minimum Gasteiger partial charge on any atom is -0.439 e. The summed E-state index contributed by atoms with van der Waals surface area (Å²) < 4.78 is 18.5. The highest BCUT2D eigenvalue weighted by Gasteiger charge is 2.16. The fourth-order valence-corrected chi connectivity index (χ4v) is 3.44. The summed E-state index contributed by atoms with van der Waals surface area (Å²) in [5.74, 6) is 2.70. The van der Waals surface area contributed by atoms with Gasteiger partial charge in [-0.2, -0.15) is 11.8 Å². The molecule has 1 aliphatic heterocycles.